The number of rotatable bonds is 3. The van der Waals surface area contributed by atoms with Gasteiger partial charge in [0.25, 0.3) is 0 Å². The highest BCUT2D eigenvalue weighted by atomic mass is 79.9. The van der Waals surface area contributed by atoms with Gasteiger partial charge in [0, 0.05) is 23.8 Å². The van der Waals surface area contributed by atoms with Crippen LogP contribution in [-0.4, -0.2) is 25.2 Å². The van der Waals surface area contributed by atoms with Crippen molar-refractivity contribution in [1.82, 2.24) is 19.3 Å². The molecule has 1 aromatic carbocycles. The Kier molecular flexibility index (Phi) is 3.56. The van der Waals surface area contributed by atoms with Gasteiger partial charge in [-0.1, -0.05) is 12.1 Å². The zero-order valence-electron chi connectivity index (χ0n) is 11.3. The maximum atomic E-state index is 5.92. The molecule has 0 N–H and O–H groups in total. The van der Waals surface area contributed by atoms with Crippen LogP contribution < -0.4 is 0 Å². The van der Waals surface area contributed by atoms with Crippen LogP contribution in [0.25, 0.3) is 16.9 Å². The molecule has 0 bridgehead atoms. The molecule has 4 nitrogen and oxygen atoms in total. The number of imidazole rings is 1. The van der Waals surface area contributed by atoms with Gasteiger partial charge in [0.15, 0.2) is 5.65 Å². The summed E-state index contributed by atoms with van der Waals surface area (Å²) in [6, 6.07) is 8.09. The van der Waals surface area contributed by atoms with E-state index in [1.807, 2.05) is 36.9 Å². The van der Waals surface area contributed by atoms with Gasteiger partial charge in [-0.2, -0.15) is 5.10 Å². The van der Waals surface area contributed by atoms with Crippen LogP contribution in [0.2, 0.25) is 0 Å². The summed E-state index contributed by atoms with van der Waals surface area (Å²) < 4.78 is 5.02. The molecule has 0 amide bonds. The molecule has 104 valence electrons. The number of nitrogens with zero attached hydrogens (tertiary/aromatic N) is 4. The summed E-state index contributed by atoms with van der Waals surface area (Å²) in [4.78, 5) is 4.71. The van der Waals surface area contributed by atoms with Crippen molar-refractivity contribution >= 4 is 38.7 Å². The van der Waals surface area contributed by atoms with E-state index in [-0.39, 0.29) is 0 Å². The summed E-state index contributed by atoms with van der Waals surface area (Å²) in [6.45, 7) is 1.98. The third-order valence-corrected chi connectivity index (χ3v) is 4.14. The van der Waals surface area contributed by atoms with Gasteiger partial charge in [-0.15, -0.1) is 11.6 Å². The topological polar surface area (TPSA) is 35.6 Å². The van der Waals surface area contributed by atoms with E-state index < -0.39 is 0 Å². The maximum absolute atomic E-state index is 5.92. The molecule has 0 spiro atoms. The SMILES string of the molecule is Cc1nn(C)c2c1nc(CCCl)n2-c1ccccc1Br. The van der Waals surface area contributed by atoms with Crippen LogP contribution in [0.5, 0.6) is 0 Å². The summed E-state index contributed by atoms with van der Waals surface area (Å²) in [6.07, 6.45) is 0.719. The lowest BCUT2D eigenvalue weighted by molar-refractivity contribution is 0.750. The van der Waals surface area contributed by atoms with Gasteiger partial charge in [-0.25, -0.2) is 9.67 Å². The number of hydrogen-bond acceptors (Lipinski definition) is 2. The van der Waals surface area contributed by atoms with E-state index in [1.54, 1.807) is 0 Å². The Hall–Kier alpha value is -1.33. The quantitative estimate of drug-likeness (QED) is 0.674. The smallest absolute Gasteiger partial charge is 0.163 e. The first-order chi connectivity index (χ1) is 9.63. The number of aromatic nitrogens is 4. The highest BCUT2D eigenvalue weighted by molar-refractivity contribution is 9.10. The Balaban J connectivity index is 2.37. The molecular formula is C14H14BrClN4. The highest BCUT2D eigenvalue weighted by Gasteiger charge is 2.19. The van der Waals surface area contributed by atoms with Crippen molar-refractivity contribution in [2.75, 3.05) is 5.88 Å². The lowest BCUT2D eigenvalue weighted by Crippen LogP contribution is -2.06. The Morgan fingerprint density at radius 2 is 2.05 bits per heavy atom. The molecule has 0 atom stereocenters. The van der Waals surface area contributed by atoms with Crippen molar-refractivity contribution in [3.63, 3.8) is 0 Å². The fraction of sp³-hybridized carbons (Fsp3) is 0.286. The number of para-hydroxylation sites is 1. The van der Waals surface area contributed by atoms with Crippen molar-refractivity contribution in [3.05, 3.63) is 40.3 Å². The van der Waals surface area contributed by atoms with Crippen LogP contribution in [0.1, 0.15) is 11.5 Å². The zero-order valence-corrected chi connectivity index (χ0v) is 13.6. The van der Waals surface area contributed by atoms with Gasteiger partial charge in [0.1, 0.15) is 11.3 Å². The van der Waals surface area contributed by atoms with Crippen LogP contribution in [0.4, 0.5) is 0 Å². The van der Waals surface area contributed by atoms with Gasteiger partial charge in [0.2, 0.25) is 0 Å². The van der Waals surface area contributed by atoms with E-state index in [0.29, 0.717) is 5.88 Å². The van der Waals surface area contributed by atoms with Gasteiger partial charge >= 0.3 is 0 Å². The molecular weight excluding hydrogens is 340 g/mol. The molecule has 0 unspecified atom stereocenters. The summed E-state index contributed by atoms with van der Waals surface area (Å²) in [5, 5.41) is 4.45. The Morgan fingerprint density at radius 1 is 1.30 bits per heavy atom. The van der Waals surface area contributed by atoms with Gasteiger partial charge in [0.05, 0.1) is 11.4 Å². The van der Waals surface area contributed by atoms with Crippen molar-refractivity contribution in [3.8, 4) is 5.69 Å². The predicted octanol–water partition coefficient (Wildman–Crippen LogP) is 3.61. The molecule has 0 radical (unpaired) electrons. The summed E-state index contributed by atoms with van der Waals surface area (Å²) in [7, 11) is 1.94. The molecule has 20 heavy (non-hydrogen) atoms. The van der Waals surface area contributed by atoms with Crippen LogP contribution in [-0.2, 0) is 13.5 Å². The zero-order chi connectivity index (χ0) is 14.3. The second-order valence-corrected chi connectivity index (χ2v) is 5.87. The number of halogens is 2. The Labute approximate surface area is 130 Å². The maximum Gasteiger partial charge on any atom is 0.163 e. The van der Waals surface area contributed by atoms with Gasteiger partial charge in [-0.05, 0) is 35.0 Å². The Morgan fingerprint density at radius 3 is 2.75 bits per heavy atom. The van der Waals surface area contributed by atoms with E-state index in [0.717, 1.165) is 39.3 Å². The van der Waals surface area contributed by atoms with Crippen LogP contribution >= 0.6 is 27.5 Å². The average molecular weight is 354 g/mol. The minimum Gasteiger partial charge on any atom is -0.280 e. The van der Waals surface area contributed by atoms with Crippen LogP contribution in [0.15, 0.2) is 28.7 Å². The monoisotopic (exact) mass is 352 g/mol. The first kappa shape index (κ1) is 13.6. The standard InChI is InChI=1S/C14H14BrClN4/c1-9-13-14(19(2)18-9)20(12(17-13)7-8-16)11-6-4-3-5-10(11)15/h3-6H,7-8H2,1-2H3. The molecule has 0 aliphatic heterocycles. The van der Waals surface area contributed by atoms with E-state index in [2.05, 4.69) is 31.7 Å². The molecule has 0 aliphatic rings. The van der Waals surface area contributed by atoms with Crippen molar-refractivity contribution in [2.24, 2.45) is 7.05 Å². The fourth-order valence-electron chi connectivity index (χ4n) is 2.46. The first-order valence-electron chi connectivity index (χ1n) is 6.35. The van der Waals surface area contributed by atoms with E-state index in [9.17, 15) is 0 Å². The Bertz CT molecular complexity index is 775. The number of benzene rings is 1. The van der Waals surface area contributed by atoms with Crippen molar-refractivity contribution in [1.29, 1.82) is 0 Å². The average Bonchev–Trinajstić information content (AvgIpc) is 2.90. The van der Waals surface area contributed by atoms with Crippen LogP contribution in [0.3, 0.4) is 0 Å². The molecule has 0 saturated heterocycles. The molecule has 0 aliphatic carbocycles. The normalized spacial score (nSPS) is 11.4. The van der Waals surface area contributed by atoms with Crippen molar-refractivity contribution in [2.45, 2.75) is 13.3 Å². The number of alkyl halides is 1. The summed E-state index contributed by atoms with van der Waals surface area (Å²) in [5.74, 6) is 1.50. The third kappa shape index (κ3) is 2.05. The molecule has 2 heterocycles. The lowest BCUT2D eigenvalue weighted by atomic mass is 10.3. The van der Waals surface area contributed by atoms with Gasteiger partial charge < -0.3 is 0 Å². The molecule has 3 rings (SSSR count). The minimum absolute atomic E-state index is 0.542. The van der Waals surface area contributed by atoms with Crippen molar-refractivity contribution < 1.29 is 0 Å². The number of hydrogen-bond donors (Lipinski definition) is 0. The third-order valence-electron chi connectivity index (χ3n) is 3.28. The molecule has 0 fully saturated rings. The van der Waals surface area contributed by atoms with Crippen LogP contribution in [0, 0.1) is 6.92 Å². The number of fused-ring (bicyclic) bond motifs is 1. The summed E-state index contributed by atoms with van der Waals surface area (Å²) >= 11 is 9.53. The second-order valence-electron chi connectivity index (χ2n) is 4.64. The number of aryl methyl sites for hydroxylation is 3. The molecule has 3 aromatic rings. The minimum atomic E-state index is 0.542. The van der Waals surface area contributed by atoms with E-state index in [4.69, 9.17) is 16.6 Å². The largest absolute Gasteiger partial charge is 0.280 e. The first-order valence-corrected chi connectivity index (χ1v) is 7.68. The second kappa shape index (κ2) is 5.22. The van der Waals surface area contributed by atoms with E-state index >= 15 is 0 Å². The highest BCUT2D eigenvalue weighted by Crippen LogP contribution is 2.28. The lowest BCUT2D eigenvalue weighted by Gasteiger charge is -2.10. The van der Waals surface area contributed by atoms with Gasteiger partial charge in [-0.3, -0.25) is 4.57 Å². The predicted molar refractivity (Wildman–Crippen MR) is 84.7 cm³/mol. The fourth-order valence-corrected chi connectivity index (χ4v) is 3.09. The molecule has 2 aromatic heterocycles. The molecule has 0 saturated carbocycles. The molecule has 6 heteroatoms. The van der Waals surface area contributed by atoms with E-state index in [1.165, 1.54) is 0 Å². The summed E-state index contributed by atoms with van der Waals surface area (Å²) in [5.41, 5.74) is 3.92.